The molecule has 1 fully saturated rings. The predicted octanol–water partition coefficient (Wildman–Crippen LogP) is 0.388. The lowest BCUT2D eigenvalue weighted by Crippen LogP contribution is -2.36. The van der Waals surface area contributed by atoms with Gasteiger partial charge in [0.1, 0.15) is 0 Å². The molecule has 1 aliphatic carbocycles. The van der Waals surface area contributed by atoms with Crippen molar-refractivity contribution in [1.29, 1.82) is 0 Å². The van der Waals surface area contributed by atoms with Crippen LogP contribution in [0.5, 0.6) is 0 Å². The van der Waals surface area contributed by atoms with Gasteiger partial charge < -0.3 is 5.32 Å². The summed E-state index contributed by atoms with van der Waals surface area (Å²) in [5.74, 6) is 2.46. The van der Waals surface area contributed by atoms with E-state index < -0.39 is 0 Å². The minimum atomic E-state index is 0.758. The second-order valence-corrected chi connectivity index (χ2v) is 4.30. The fraction of sp³-hybridized carbons (Fsp3) is 0.900. The highest BCUT2D eigenvalue weighted by molar-refractivity contribution is 4.90. The smallest absolute Gasteiger partial charge is 0.175 e. The Balaban J connectivity index is 1.80. The Morgan fingerprint density at radius 3 is 2.73 bits per heavy atom. The summed E-state index contributed by atoms with van der Waals surface area (Å²) >= 11 is 0. The Morgan fingerprint density at radius 2 is 2.20 bits per heavy atom. The highest BCUT2D eigenvalue weighted by atomic mass is 15.6. The number of nitrogens with zero attached hydrogens (tertiary/aromatic N) is 4. The van der Waals surface area contributed by atoms with Gasteiger partial charge in [-0.1, -0.05) is 6.92 Å². The highest BCUT2D eigenvalue weighted by Crippen LogP contribution is 2.35. The molecule has 0 aromatic carbocycles. The summed E-state index contributed by atoms with van der Waals surface area (Å²) in [4.78, 5) is 1.54. The molecule has 84 valence electrons. The van der Waals surface area contributed by atoms with Gasteiger partial charge in [-0.25, -0.2) is 0 Å². The Bertz CT molecular complexity index is 309. The lowest BCUT2D eigenvalue weighted by molar-refractivity contribution is 0.169. The van der Waals surface area contributed by atoms with E-state index in [1.807, 2.05) is 7.05 Å². The second-order valence-electron chi connectivity index (χ2n) is 4.30. The van der Waals surface area contributed by atoms with E-state index in [0.717, 1.165) is 37.2 Å². The molecule has 2 rings (SSSR count). The van der Waals surface area contributed by atoms with Crippen LogP contribution in [0.4, 0.5) is 0 Å². The summed E-state index contributed by atoms with van der Waals surface area (Å²) in [5.41, 5.74) is 0. The van der Waals surface area contributed by atoms with Crippen LogP contribution in [0.15, 0.2) is 0 Å². The molecule has 1 aromatic rings. The lowest BCUT2D eigenvalue weighted by atomic mass is 9.72. The van der Waals surface area contributed by atoms with Crippen molar-refractivity contribution in [3.63, 3.8) is 0 Å². The molecule has 1 N–H and O–H groups in total. The number of tetrazole rings is 1. The molecule has 15 heavy (non-hydrogen) atoms. The number of hydrogen-bond donors (Lipinski definition) is 1. The Hall–Kier alpha value is -0.970. The molecule has 0 spiro atoms. The third-order valence-electron chi connectivity index (χ3n) is 3.23. The van der Waals surface area contributed by atoms with Crippen molar-refractivity contribution >= 4 is 0 Å². The van der Waals surface area contributed by atoms with Crippen molar-refractivity contribution in [1.82, 2.24) is 25.5 Å². The van der Waals surface area contributed by atoms with Gasteiger partial charge in [0.05, 0.1) is 7.05 Å². The first kappa shape index (κ1) is 10.5. The third-order valence-corrected chi connectivity index (χ3v) is 3.23. The first-order chi connectivity index (χ1) is 7.29. The first-order valence-electron chi connectivity index (χ1n) is 5.73. The molecule has 5 nitrogen and oxygen atoms in total. The van der Waals surface area contributed by atoms with E-state index in [2.05, 4.69) is 27.7 Å². The van der Waals surface area contributed by atoms with E-state index in [1.165, 1.54) is 17.6 Å². The molecular formula is C10H19N5. The fourth-order valence-electron chi connectivity index (χ4n) is 2.14. The van der Waals surface area contributed by atoms with Crippen LogP contribution in [0.2, 0.25) is 0 Å². The van der Waals surface area contributed by atoms with Crippen molar-refractivity contribution in [2.75, 3.05) is 13.1 Å². The molecule has 0 saturated heterocycles. The van der Waals surface area contributed by atoms with Crippen LogP contribution in [0.1, 0.15) is 25.6 Å². The van der Waals surface area contributed by atoms with Gasteiger partial charge in [-0.05, 0) is 43.0 Å². The van der Waals surface area contributed by atoms with Crippen molar-refractivity contribution in [2.24, 2.45) is 18.9 Å². The molecular weight excluding hydrogens is 190 g/mol. The molecule has 1 aromatic heterocycles. The monoisotopic (exact) mass is 209 g/mol. The SMILES string of the molecule is CCNCC1CCC1Cc1nnn(C)n1. The lowest BCUT2D eigenvalue weighted by Gasteiger charge is -2.36. The molecule has 5 heteroatoms. The zero-order valence-electron chi connectivity index (χ0n) is 9.48. The van der Waals surface area contributed by atoms with Gasteiger partial charge in [0, 0.05) is 6.42 Å². The van der Waals surface area contributed by atoms with Crippen LogP contribution in [-0.2, 0) is 13.5 Å². The number of hydrogen-bond acceptors (Lipinski definition) is 4. The van der Waals surface area contributed by atoms with E-state index in [0.29, 0.717) is 0 Å². The van der Waals surface area contributed by atoms with Crippen LogP contribution in [0, 0.1) is 11.8 Å². The van der Waals surface area contributed by atoms with Gasteiger partial charge in [-0.3, -0.25) is 0 Å². The standard InChI is InChI=1S/C10H19N5/c1-3-11-7-9-5-4-8(9)6-10-12-14-15(2)13-10/h8-9,11H,3-7H2,1-2H3. The van der Waals surface area contributed by atoms with Crippen molar-refractivity contribution in [3.8, 4) is 0 Å². The summed E-state index contributed by atoms with van der Waals surface area (Å²) < 4.78 is 0. The first-order valence-corrected chi connectivity index (χ1v) is 5.73. The molecule has 1 aliphatic rings. The molecule has 2 unspecified atom stereocenters. The Morgan fingerprint density at radius 1 is 1.40 bits per heavy atom. The molecule has 1 saturated carbocycles. The van der Waals surface area contributed by atoms with E-state index in [9.17, 15) is 0 Å². The van der Waals surface area contributed by atoms with Crippen molar-refractivity contribution in [3.05, 3.63) is 5.82 Å². The summed E-state index contributed by atoms with van der Waals surface area (Å²) in [5, 5.41) is 15.5. The maximum Gasteiger partial charge on any atom is 0.175 e. The largest absolute Gasteiger partial charge is 0.317 e. The molecule has 0 radical (unpaired) electrons. The number of nitrogens with one attached hydrogen (secondary N) is 1. The third kappa shape index (κ3) is 2.53. The van der Waals surface area contributed by atoms with Gasteiger partial charge in [0.15, 0.2) is 5.82 Å². The van der Waals surface area contributed by atoms with Gasteiger partial charge in [0.2, 0.25) is 0 Å². The predicted molar refractivity (Wildman–Crippen MR) is 57.3 cm³/mol. The summed E-state index contributed by atoms with van der Waals surface area (Å²) in [6.07, 6.45) is 3.65. The van der Waals surface area contributed by atoms with Crippen LogP contribution < -0.4 is 5.32 Å². The van der Waals surface area contributed by atoms with E-state index in [4.69, 9.17) is 0 Å². The van der Waals surface area contributed by atoms with E-state index in [1.54, 1.807) is 0 Å². The molecule has 0 aliphatic heterocycles. The average molecular weight is 209 g/mol. The topological polar surface area (TPSA) is 55.6 Å². The molecule has 1 heterocycles. The molecule has 0 amide bonds. The molecule has 0 bridgehead atoms. The molecule has 2 atom stereocenters. The number of aryl methyl sites for hydroxylation is 1. The van der Waals surface area contributed by atoms with Crippen molar-refractivity contribution in [2.45, 2.75) is 26.2 Å². The highest BCUT2D eigenvalue weighted by Gasteiger charge is 2.31. The summed E-state index contributed by atoms with van der Waals surface area (Å²) in [6, 6.07) is 0. The second kappa shape index (κ2) is 4.70. The minimum Gasteiger partial charge on any atom is -0.317 e. The maximum atomic E-state index is 4.22. The zero-order chi connectivity index (χ0) is 10.7. The van der Waals surface area contributed by atoms with E-state index >= 15 is 0 Å². The van der Waals surface area contributed by atoms with E-state index in [-0.39, 0.29) is 0 Å². The van der Waals surface area contributed by atoms with Crippen LogP contribution in [-0.4, -0.2) is 33.3 Å². The fourth-order valence-corrected chi connectivity index (χ4v) is 2.14. The minimum absolute atomic E-state index is 0.758. The van der Waals surface area contributed by atoms with Gasteiger partial charge >= 0.3 is 0 Å². The summed E-state index contributed by atoms with van der Waals surface area (Å²) in [7, 11) is 1.81. The quantitative estimate of drug-likeness (QED) is 0.762. The Labute approximate surface area is 90.2 Å². The number of rotatable bonds is 5. The Kier molecular flexibility index (Phi) is 3.30. The van der Waals surface area contributed by atoms with Gasteiger partial charge in [-0.2, -0.15) is 4.80 Å². The van der Waals surface area contributed by atoms with Crippen LogP contribution >= 0.6 is 0 Å². The summed E-state index contributed by atoms with van der Waals surface area (Å²) in [6.45, 7) is 4.35. The zero-order valence-corrected chi connectivity index (χ0v) is 9.48. The van der Waals surface area contributed by atoms with Crippen LogP contribution in [0.25, 0.3) is 0 Å². The van der Waals surface area contributed by atoms with Gasteiger partial charge in [0.25, 0.3) is 0 Å². The number of aromatic nitrogens is 4. The van der Waals surface area contributed by atoms with Crippen LogP contribution in [0.3, 0.4) is 0 Å². The maximum absolute atomic E-state index is 4.22. The average Bonchev–Trinajstić information content (AvgIpc) is 2.60. The van der Waals surface area contributed by atoms with Gasteiger partial charge in [-0.15, -0.1) is 10.2 Å². The van der Waals surface area contributed by atoms with Crippen molar-refractivity contribution < 1.29 is 0 Å². The normalized spacial score (nSPS) is 25.2.